The van der Waals surface area contributed by atoms with Crippen LogP contribution in [0.1, 0.15) is 52.9 Å². The van der Waals surface area contributed by atoms with E-state index in [9.17, 15) is 9.59 Å². The number of hydrogen-bond donors (Lipinski definition) is 1. The van der Waals surface area contributed by atoms with Crippen molar-refractivity contribution in [3.8, 4) is 0 Å². The first-order valence-electron chi connectivity index (χ1n) is 9.61. The predicted molar refractivity (Wildman–Crippen MR) is 101 cm³/mol. The molecule has 1 saturated heterocycles. The number of nitrogens with zero attached hydrogens (tertiary/aromatic N) is 2. The Morgan fingerprint density at radius 2 is 1.40 bits per heavy atom. The summed E-state index contributed by atoms with van der Waals surface area (Å²) < 4.78 is 0. The second kappa shape index (κ2) is 7.83. The van der Waals surface area contributed by atoms with Gasteiger partial charge >= 0.3 is 0 Å². The second-order valence-corrected chi connectivity index (χ2v) is 9.06. The van der Waals surface area contributed by atoms with Gasteiger partial charge in [0.15, 0.2) is 0 Å². The van der Waals surface area contributed by atoms with Crippen LogP contribution in [0.15, 0.2) is 0 Å². The molecule has 3 fully saturated rings. The lowest BCUT2D eigenvalue weighted by Gasteiger charge is -2.45. The highest BCUT2D eigenvalue weighted by molar-refractivity contribution is 5.85. The maximum atomic E-state index is 12.9. The number of hydrogen-bond acceptors (Lipinski definition) is 3. The summed E-state index contributed by atoms with van der Waals surface area (Å²) in [6.45, 7) is 8.56. The minimum absolute atomic E-state index is 0. The van der Waals surface area contributed by atoms with Gasteiger partial charge in [0.2, 0.25) is 11.8 Å². The molecule has 144 valence electrons. The first kappa shape index (κ1) is 20.5. The van der Waals surface area contributed by atoms with E-state index in [-0.39, 0.29) is 29.6 Å². The number of carbonyl (C=O) groups excluding carboxylic acids is 2. The van der Waals surface area contributed by atoms with Crippen LogP contribution in [0.3, 0.4) is 0 Å². The predicted octanol–water partition coefficient (Wildman–Crippen LogP) is 2.28. The first-order valence-corrected chi connectivity index (χ1v) is 9.61. The number of fused-ring (bicyclic) bond motifs is 2. The molecule has 0 spiro atoms. The third kappa shape index (κ3) is 4.30. The minimum Gasteiger partial charge on any atom is -0.339 e. The molecule has 5 nitrogen and oxygen atoms in total. The van der Waals surface area contributed by atoms with E-state index in [1.165, 1.54) is 19.3 Å². The fourth-order valence-electron chi connectivity index (χ4n) is 4.85. The van der Waals surface area contributed by atoms with Crippen LogP contribution in [-0.4, -0.2) is 53.8 Å². The molecule has 3 rings (SSSR count). The summed E-state index contributed by atoms with van der Waals surface area (Å²) in [4.78, 5) is 29.2. The molecule has 0 aromatic carbocycles. The molecule has 1 aliphatic heterocycles. The fraction of sp³-hybridized carbons (Fsp3) is 0.895. The van der Waals surface area contributed by atoms with Crippen LogP contribution < -0.4 is 5.73 Å². The molecule has 2 bridgehead atoms. The number of rotatable bonds is 1. The Balaban J connectivity index is 0.00000225. The van der Waals surface area contributed by atoms with Crippen LogP contribution in [0.4, 0.5) is 0 Å². The van der Waals surface area contributed by atoms with E-state index >= 15 is 0 Å². The van der Waals surface area contributed by atoms with Crippen LogP contribution in [0, 0.1) is 23.2 Å². The Kier molecular flexibility index (Phi) is 6.42. The van der Waals surface area contributed by atoms with Gasteiger partial charge in [-0.15, -0.1) is 12.4 Å². The van der Waals surface area contributed by atoms with Crippen molar-refractivity contribution in [2.24, 2.45) is 28.9 Å². The van der Waals surface area contributed by atoms with Gasteiger partial charge in [-0.2, -0.15) is 0 Å². The van der Waals surface area contributed by atoms with Gasteiger partial charge in [-0.05, 0) is 37.5 Å². The molecule has 6 heteroatoms. The SMILES string of the molecule is CC(C)(C)C(=O)N1CCN(C(=O)C2CC3CCCC(C2)C3N)CC1.Cl. The summed E-state index contributed by atoms with van der Waals surface area (Å²) in [7, 11) is 0. The highest BCUT2D eigenvalue weighted by Crippen LogP contribution is 2.42. The lowest BCUT2D eigenvalue weighted by Crippen LogP contribution is -2.55. The van der Waals surface area contributed by atoms with Crippen molar-refractivity contribution < 1.29 is 9.59 Å². The average molecular weight is 372 g/mol. The van der Waals surface area contributed by atoms with Crippen LogP contribution in [0.2, 0.25) is 0 Å². The van der Waals surface area contributed by atoms with E-state index in [4.69, 9.17) is 5.73 Å². The van der Waals surface area contributed by atoms with E-state index in [2.05, 4.69) is 0 Å². The van der Waals surface area contributed by atoms with Gasteiger partial charge in [-0.25, -0.2) is 0 Å². The van der Waals surface area contributed by atoms with Crippen LogP contribution in [-0.2, 0) is 9.59 Å². The molecule has 2 amide bonds. The van der Waals surface area contributed by atoms with Crippen molar-refractivity contribution in [1.29, 1.82) is 0 Å². The average Bonchev–Trinajstić information content (AvgIpc) is 2.52. The highest BCUT2D eigenvalue weighted by Gasteiger charge is 2.42. The Morgan fingerprint density at radius 3 is 1.88 bits per heavy atom. The maximum Gasteiger partial charge on any atom is 0.228 e. The lowest BCUT2D eigenvalue weighted by atomic mass is 9.65. The molecule has 2 saturated carbocycles. The Morgan fingerprint density at radius 1 is 0.920 bits per heavy atom. The zero-order valence-corrected chi connectivity index (χ0v) is 16.7. The van der Waals surface area contributed by atoms with Crippen molar-refractivity contribution >= 4 is 24.2 Å². The van der Waals surface area contributed by atoms with Crippen molar-refractivity contribution in [3.63, 3.8) is 0 Å². The number of piperazine rings is 1. The molecule has 2 unspecified atom stereocenters. The summed E-state index contributed by atoms with van der Waals surface area (Å²) in [5.74, 6) is 1.73. The maximum absolute atomic E-state index is 12.9. The topological polar surface area (TPSA) is 66.6 Å². The largest absolute Gasteiger partial charge is 0.339 e. The number of amides is 2. The van der Waals surface area contributed by atoms with Crippen LogP contribution >= 0.6 is 12.4 Å². The van der Waals surface area contributed by atoms with Crippen LogP contribution in [0.25, 0.3) is 0 Å². The van der Waals surface area contributed by atoms with E-state index in [1.54, 1.807) is 0 Å². The monoisotopic (exact) mass is 371 g/mol. The molecule has 0 aromatic rings. The molecule has 3 aliphatic rings. The van der Waals surface area contributed by atoms with E-state index in [1.807, 2.05) is 30.6 Å². The molecule has 0 aromatic heterocycles. The Bertz CT molecular complexity index is 483. The molecule has 2 aliphatic carbocycles. The molecule has 0 radical (unpaired) electrons. The van der Waals surface area contributed by atoms with Gasteiger partial charge < -0.3 is 15.5 Å². The highest BCUT2D eigenvalue weighted by atomic mass is 35.5. The lowest BCUT2D eigenvalue weighted by molar-refractivity contribution is -0.147. The van der Waals surface area contributed by atoms with E-state index in [0.717, 1.165) is 12.8 Å². The van der Waals surface area contributed by atoms with Crippen molar-refractivity contribution in [2.45, 2.75) is 58.9 Å². The third-order valence-electron chi connectivity index (χ3n) is 6.28. The molecular formula is C19H34ClN3O2. The first-order chi connectivity index (χ1) is 11.3. The summed E-state index contributed by atoms with van der Waals surface area (Å²) in [6.07, 6.45) is 5.59. The van der Waals surface area contributed by atoms with Gasteiger partial charge in [0.05, 0.1) is 0 Å². The van der Waals surface area contributed by atoms with Crippen molar-refractivity contribution in [2.75, 3.05) is 26.2 Å². The molecular weight excluding hydrogens is 338 g/mol. The van der Waals surface area contributed by atoms with Gasteiger partial charge in [0.25, 0.3) is 0 Å². The molecule has 2 N–H and O–H groups in total. The van der Waals surface area contributed by atoms with Crippen molar-refractivity contribution in [3.05, 3.63) is 0 Å². The normalized spacial score (nSPS) is 32.8. The third-order valence-corrected chi connectivity index (χ3v) is 6.28. The zero-order chi connectivity index (χ0) is 17.5. The summed E-state index contributed by atoms with van der Waals surface area (Å²) in [6, 6.07) is 0.309. The van der Waals surface area contributed by atoms with E-state index < -0.39 is 0 Å². The van der Waals surface area contributed by atoms with Crippen LogP contribution in [0.5, 0.6) is 0 Å². The summed E-state index contributed by atoms with van der Waals surface area (Å²) >= 11 is 0. The summed E-state index contributed by atoms with van der Waals surface area (Å²) in [5, 5.41) is 0. The minimum atomic E-state index is -0.344. The molecule has 2 atom stereocenters. The zero-order valence-electron chi connectivity index (χ0n) is 15.9. The quantitative estimate of drug-likeness (QED) is 0.768. The van der Waals surface area contributed by atoms with Crippen molar-refractivity contribution in [1.82, 2.24) is 9.80 Å². The molecule has 1 heterocycles. The smallest absolute Gasteiger partial charge is 0.228 e. The molecule has 25 heavy (non-hydrogen) atoms. The Hall–Kier alpha value is -0.810. The second-order valence-electron chi connectivity index (χ2n) is 9.06. The van der Waals surface area contributed by atoms with Gasteiger partial charge in [-0.3, -0.25) is 9.59 Å². The van der Waals surface area contributed by atoms with Gasteiger partial charge in [0, 0.05) is 43.6 Å². The standard InChI is InChI=1S/C19H33N3O2.ClH/c1-19(2,3)18(24)22-9-7-21(8-10-22)17(23)15-11-13-5-4-6-14(12-15)16(13)20;/h13-16H,4-12,20H2,1-3H3;1H. The van der Waals surface area contributed by atoms with Gasteiger partial charge in [0.1, 0.15) is 0 Å². The summed E-state index contributed by atoms with van der Waals surface area (Å²) in [5.41, 5.74) is 6.00. The Labute approximate surface area is 158 Å². The number of nitrogens with two attached hydrogens (primary N) is 1. The van der Waals surface area contributed by atoms with Gasteiger partial charge in [-0.1, -0.05) is 27.2 Å². The number of carbonyl (C=O) groups is 2. The van der Waals surface area contributed by atoms with E-state index in [0.29, 0.717) is 50.0 Å². The fourth-order valence-corrected chi connectivity index (χ4v) is 4.85. The number of halogens is 1.